The maximum absolute atomic E-state index is 12.4. The summed E-state index contributed by atoms with van der Waals surface area (Å²) in [5, 5.41) is 1.78. The van der Waals surface area contributed by atoms with Gasteiger partial charge in [0.05, 0.1) is 24.3 Å². The van der Waals surface area contributed by atoms with Crippen molar-refractivity contribution < 1.29 is 8.42 Å². The molecule has 3 heterocycles. The monoisotopic (exact) mass is 283 g/mol. The molecule has 0 radical (unpaired) electrons. The lowest BCUT2D eigenvalue weighted by molar-refractivity contribution is 0.381. The molecule has 0 bridgehead atoms. The molecule has 0 unspecified atom stereocenters. The highest BCUT2D eigenvalue weighted by Gasteiger charge is 2.30. The molecule has 0 fully saturated rings. The van der Waals surface area contributed by atoms with Gasteiger partial charge in [0.15, 0.2) is 0 Å². The molecular weight excluding hydrogens is 270 g/mol. The number of aryl methyl sites for hydroxylation is 1. The van der Waals surface area contributed by atoms with Crippen LogP contribution in [0.3, 0.4) is 0 Å². The van der Waals surface area contributed by atoms with Crippen LogP contribution < -0.4 is 0 Å². The van der Waals surface area contributed by atoms with Crippen LogP contribution in [0, 0.1) is 0 Å². The van der Waals surface area contributed by atoms with E-state index >= 15 is 0 Å². The number of hydrogen-bond donors (Lipinski definition) is 0. The van der Waals surface area contributed by atoms with Crippen LogP contribution in [0.1, 0.15) is 11.4 Å². The maximum atomic E-state index is 12.4. The highest BCUT2D eigenvalue weighted by molar-refractivity contribution is 7.91. The van der Waals surface area contributed by atoms with Crippen LogP contribution in [0.4, 0.5) is 0 Å². The number of rotatable bonds is 2. The summed E-state index contributed by atoms with van der Waals surface area (Å²) in [6.45, 7) is 0.913. The van der Waals surface area contributed by atoms with E-state index in [1.165, 1.54) is 15.6 Å². The third kappa shape index (κ3) is 1.79. The van der Waals surface area contributed by atoms with E-state index in [4.69, 9.17) is 0 Å². The molecule has 2 aromatic rings. The van der Waals surface area contributed by atoms with Gasteiger partial charge in [-0.25, -0.2) is 13.4 Å². The van der Waals surface area contributed by atoms with Crippen molar-refractivity contribution >= 4 is 21.4 Å². The molecule has 96 valence electrons. The predicted molar refractivity (Wildman–Crippen MR) is 68.8 cm³/mol. The fourth-order valence-electron chi connectivity index (χ4n) is 2.14. The van der Waals surface area contributed by atoms with Crippen molar-refractivity contribution in [3.63, 3.8) is 0 Å². The fraction of sp³-hybridized carbons (Fsp3) is 0.364. The van der Waals surface area contributed by atoms with Gasteiger partial charge in [-0.1, -0.05) is 6.07 Å². The molecule has 1 aliphatic rings. The summed E-state index contributed by atoms with van der Waals surface area (Å²) < 4.78 is 28.6. The van der Waals surface area contributed by atoms with E-state index in [0.29, 0.717) is 23.7 Å². The largest absolute Gasteiger partial charge is 0.336 e. The van der Waals surface area contributed by atoms with E-state index < -0.39 is 10.0 Å². The first-order chi connectivity index (χ1) is 8.59. The van der Waals surface area contributed by atoms with Crippen LogP contribution >= 0.6 is 11.3 Å². The minimum Gasteiger partial charge on any atom is -0.336 e. The number of imidazole rings is 1. The average molecular weight is 283 g/mol. The Bertz CT molecular complexity index is 659. The molecule has 0 N–H and O–H groups in total. The van der Waals surface area contributed by atoms with Crippen molar-refractivity contribution in [3.05, 3.63) is 35.2 Å². The highest BCUT2D eigenvalue weighted by atomic mass is 32.2. The second kappa shape index (κ2) is 4.18. The summed E-state index contributed by atoms with van der Waals surface area (Å²) in [5.74, 6) is 0. The van der Waals surface area contributed by atoms with Gasteiger partial charge in [0.2, 0.25) is 0 Å². The Morgan fingerprint density at radius 2 is 2.28 bits per heavy atom. The molecule has 0 aromatic carbocycles. The molecule has 3 rings (SSSR count). The molecule has 1 aliphatic heterocycles. The molecule has 2 aromatic heterocycles. The lowest BCUT2D eigenvalue weighted by Gasteiger charge is -2.25. The summed E-state index contributed by atoms with van der Waals surface area (Å²) in [6.07, 6.45) is 2.42. The van der Waals surface area contributed by atoms with E-state index in [-0.39, 0.29) is 0 Å². The summed E-state index contributed by atoms with van der Waals surface area (Å²) in [4.78, 5) is 4.28. The quantitative estimate of drug-likeness (QED) is 0.833. The first-order valence-corrected chi connectivity index (χ1v) is 7.94. The van der Waals surface area contributed by atoms with Crippen molar-refractivity contribution in [2.75, 3.05) is 6.54 Å². The number of sulfonamides is 1. The molecule has 0 saturated carbocycles. The van der Waals surface area contributed by atoms with Gasteiger partial charge in [0.25, 0.3) is 10.0 Å². The van der Waals surface area contributed by atoms with Crippen LogP contribution in [0.25, 0.3) is 0 Å². The molecule has 18 heavy (non-hydrogen) atoms. The molecule has 5 nitrogen and oxygen atoms in total. The number of hydrogen-bond acceptors (Lipinski definition) is 4. The summed E-state index contributed by atoms with van der Waals surface area (Å²) >= 11 is 1.26. The van der Waals surface area contributed by atoms with E-state index in [2.05, 4.69) is 4.98 Å². The lowest BCUT2D eigenvalue weighted by Crippen LogP contribution is -2.36. The standard InChI is InChI=1S/C11H13N3O2S2/c1-13-8-12-9-4-5-14(7-10(9)13)18(15,16)11-3-2-6-17-11/h2-3,6,8H,4-5,7H2,1H3. The molecule has 0 spiro atoms. The fourth-order valence-corrected chi connectivity index (χ4v) is 4.68. The Labute approximate surface area is 110 Å². The summed E-state index contributed by atoms with van der Waals surface area (Å²) in [6, 6.07) is 3.41. The van der Waals surface area contributed by atoms with Gasteiger partial charge in [0.1, 0.15) is 4.21 Å². The Morgan fingerprint density at radius 1 is 1.44 bits per heavy atom. The molecule has 0 amide bonds. The van der Waals surface area contributed by atoms with Crippen molar-refractivity contribution in [1.82, 2.24) is 13.9 Å². The van der Waals surface area contributed by atoms with Crippen molar-refractivity contribution in [2.24, 2.45) is 7.05 Å². The highest BCUT2D eigenvalue weighted by Crippen LogP contribution is 2.26. The molecular formula is C11H13N3O2S2. The first-order valence-electron chi connectivity index (χ1n) is 5.62. The van der Waals surface area contributed by atoms with Crippen molar-refractivity contribution in [2.45, 2.75) is 17.2 Å². The Kier molecular flexibility index (Phi) is 2.76. The second-order valence-electron chi connectivity index (χ2n) is 4.27. The molecule has 0 aliphatic carbocycles. The minimum absolute atomic E-state index is 0.409. The minimum atomic E-state index is -3.35. The van der Waals surface area contributed by atoms with Gasteiger partial charge in [-0.2, -0.15) is 4.31 Å². The zero-order chi connectivity index (χ0) is 12.8. The average Bonchev–Trinajstić information content (AvgIpc) is 2.99. The second-order valence-corrected chi connectivity index (χ2v) is 7.38. The van der Waals surface area contributed by atoms with Crippen LogP contribution in [-0.2, 0) is 30.0 Å². The number of nitrogens with zero attached hydrogens (tertiary/aromatic N) is 3. The SMILES string of the molecule is Cn1cnc2c1CN(S(=O)(=O)c1cccs1)CC2. The Balaban J connectivity index is 1.95. The first kappa shape index (κ1) is 11.9. The molecule has 0 atom stereocenters. The van der Waals surface area contributed by atoms with E-state index in [0.717, 1.165) is 11.4 Å². The third-order valence-corrected chi connectivity index (χ3v) is 6.38. The maximum Gasteiger partial charge on any atom is 0.252 e. The molecule has 0 saturated heterocycles. The van der Waals surface area contributed by atoms with Crippen LogP contribution in [0.2, 0.25) is 0 Å². The van der Waals surface area contributed by atoms with Gasteiger partial charge in [-0.3, -0.25) is 0 Å². The zero-order valence-electron chi connectivity index (χ0n) is 9.91. The van der Waals surface area contributed by atoms with Crippen LogP contribution in [0.15, 0.2) is 28.0 Å². The van der Waals surface area contributed by atoms with Crippen LogP contribution in [-0.4, -0.2) is 28.8 Å². The number of thiophene rings is 1. The van der Waals surface area contributed by atoms with Gasteiger partial charge in [0, 0.05) is 20.0 Å². The zero-order valence-corrected chi connectivity index (χ0v) is 11.5. The predicted octanol–water partition coefficient (Wildman–Crippen LogP) is 1.23. The lowest BCUT2D eigenvalue weighted by atomic mass is 10.2. The number of aromatic nitrogens is 2. The topological polar surface area (TPSA) is 55.2 Å². The normalized spacial score (nSPS) is 16.7. The van der Waals surface area contributed by atoms with E-state index in [1.54, 1.807) is 23.8 Å². The van der Waals surface area contributed by atoms with Gasteiger partial charge < -0.3 is 4.57 Å². The smallest absolute Gasteiger partial charge is 0.252 e. The summed E-state index contributed by atoms with van der Waals surface area (Å²) in [7, 11) is -1.45. The van der Waals surface area contributed by atoms with Gasteiger partial charge >= 0.3 is 0 Å². The van der Waals surface area contributed by atoms with Crippen LogP contribution in [0.5, 0.6) is 0 Å². The van der Waals surface area contributed by atoms with E-state index in [1.807, 2.05) is 11.6 Å². The van der Waals surface area contributed by atoms with Crippen molar-refractivity contribution in [3.8, 4) is 0 Å². The Hall–Kier alpha value is -1.18. The Morgan fingerprint density at radius 3 is 3.00 bits per heavy atom. The summed E-state index contributed by atoms with van der Waals surface area (Å²) in [5.41, 5.74) is 2.00. The van der Waals surface area contributed by atoms with Gasteiger partial charge in [-0.05, 0) is 11.4 Å². The number of fused-ring (bicyclic) bond motifs is 1. The third-order valence-electron chi connectivity index (χ3n) is 3.16. The van der Waals surface area contributed by atoms with Crippen molar-refractivity contribution in [1.29, 1.82) is 0 Å². The van der Waals surface area contributed by atoms with Gasteiger partial charge in [-0.15, -0.1) is 11.3 Å². The molecule has 7 heteroatoms. The van der Waals surface area contributed by atoms with E-state index in [9.17, 15) is 8.42 Å².